The molecular weight excluding hydrogens is 779 g/mol. The van der Waals surface area contributed by atoms with E-state index in [1.54, 1.807) is 101 Å². The van der Waals surface area contributed by atoms with Crippen molar-refractivity contribution < 1.29 is 48.3 Å². The van der Waals surface area contributed by atoms with Crippen LogP contribution < -0.4 is 29.6 Å². The molecule has 0 bridgehead atoms. The van der Waals surface area contributed by atoms with Gasteiger partial charge >= 0.3 is 11.9 Å². The van der Waals surface area contributed by atoms with E-state index in [1.807, 2.05) is 0 Å². The fourth-order valence-corrected chi connectivity index (χ4v) is 9.36. The number of methoxy groups -OCH3 is 4. The monoisotopic (exact) mass is 814 g/mol. The van der Waals surface area contributed by atoms with Crippen molar-refractivity contribution in [2.24, 2.45) is 0 Å². The SMILES string of the molecule is COc1cccc(OC)c1[C@@H]1S[C@@H](CC(=O)O)C(=O)Nc2ccc(Cl)cc21.COc1cccc(OC)c1[C@@H]1S[C@@H](CC(=O)O)C(=O)Nc2ccc(Cl)cc21. The Hall–Kier alpha value is -4.76. The van der Waals surface area contributed by atoms with E-state index in [0.29, 0.717) is 44.4 Å². The summed E-state index contributed by atoms with van der Waals surface area (Å²) in [5.74, 6) is -0.468. The van der Waals surface area contributed by atoms with Crippen molar-refractivity contribution in [1.29, 1.82) is 0 Å². The lowest BCUT2D eigenvalue weighted by molar-refractivity contribution is -0.138. The molecule has 16 heteroatoms. The van der Waals surface area contributed by atoms with E-state index >= 15 is 0 Å². The summed E-state index contributed by atoms with van der Waals surface area (Å²) < 4.78 is 22.1. The predicted octanol–water partition coefficient (Wildman–Crippen LogP) is 7.95. The molecule has 0 saturated heterocycles. The average Bonchev–Trinajstić information content (AvgIpc) is 3.36. The molecule has 2 aliphatic rings. The number of carboxylic acids is 2. The second kappa shape index (κ2) is 18.0. The summed E-state index contributed by atoms with van der Waals surface area (Å²) in [6.07, 6.45) is -0.599. The number of benzene rings is 4. The van der Waals surface area contributed by atoms with Crippen molar-refractivity contribution in [3.63, 3.8) is 0 Å². The number of hydrogen-bond donors (Lipinski definition) is 4. The van der Waals surface area contributed by atoms with Crippen LogP contribution in [0.5, 0.6) is 23.0 Å². The topological polar surface area (TPSA) is 170 Å². The summed E-state index contributed by atoms with van der Waals surface area (Å²) in [5, 5.41) is 22.7. The van der Waals surface area contributed by atoms with Crippen molar-refractivity contribution in [2.75, 3.05) is 39.1 Å². The highest BCUT2D eigenvalue weighted by Gasteiger charge is 2.37. The van der Waals surface area contributed by atoms with Crippen LogP contribution in [-0.2, 0) is 19.2 Å². The maximum absolute atomic E-state index is 12.6. The zero-order chi connectivity index (χ0) is 39.1. The lowest BCUT2D eigenvalue weighted by Crippen LogP contribution is -2.26. The normalized spacial score (nSPS) is 18.9. The molecule has 0 fully saturated rings. The Kier molecular flexibility index (Phi) is 13.5. The summed E-state index contributed by atoms with van der Waals surface area (Å²) in [7, 11) is 6.21. The zero-order valence-electron chi connectivity index (χ0n) is 29.4. The van der Waals surface area contributed by atoms with Gasteiger partial charge in [-0.05, 0) is 71.8 Å². The standard InChI is InChI=1S/2C19H18ClNO5S/c2*1-25-13-4-3-5-14(26-2)17(13)18-11-8-10(20)6-7-12(11)21-19(24)15(27-18)9-16(22)23/h2*3-8,15,18H,9H2,1-2H3,(H,21,24)(H,22,23)/t2*15-,18+/m00/s1. The Bertz CT molecular complexity index is 1880. The number of nitrogens with one attached hydrogen (secondary N) is 2. The van der Waals surface area contributed by atoms with Gasteiger partial charge in [0.1, 0.15) is 23.0 Å². The van der Waals surface area contributed by atoms with E-state index < -0.39 is 32.9 Å². The molecule has 12 nitrogen and oxygen atoms in total. The quantitative estimate of drug-likeness (QED) is 0.122. The molecule has 4 aromatic carbocycles. The zero-order valence-corrected chi connectivity index (χ0v) is 32.5. The minimum absolute atomic E-state index is 0.299. The second-order valence-corrected chi connectivity index (χ2v) is 15.3. The minimum atomic E-state index is -1.04. The summed E-state index contributed by atoms with van der Waals surface area (Å²) in [6.45, 7) is 0. The van der Waals surface area contributed by atoms with Crippen molar-refractivity contribution in [3.8, 4) is 23.0 Å². The summed E-state index contributed by atoms with van der Waals surface area (Å²) in [5.41, 5.74) is 4.14. The van der Waals surface area contributed by atoms with Crippen LogP contribution in [0.25, 0.3) is 0 Å². The number of carbonyl (C=O) groups is 4. The number of hydrogen-bond acceptors (Lipinski definition) is 10. The third kappa shape index (κ3) is 9.12. The van der Waals surface area contributed by atoms with Crippen LogP contribution in [-0.4, -0.2) is 72.9 Å². The molecule has 4 aromatic rings. The number of ether oxygens (including phenoxy) is 4. The molecule has 2 aliphatic heterocycles. The van der Waals surface area contributed by atoms with E-state index in [0.717, 1.165) is 22.3 Å². The molecule has 54 heavy (non-hydrogen) atoms. The molecule has 4 atom stereocenters. The largest absolute Gasteiger partial charge is 0.496 e. The smallest absolute Gasteiger partial charge is 0.305 e. The maximum Gasteiger partial charge on any atom is 0.305 e. The van der Waals surface area contributed by atoms with E-state index in [2.05, 4.69) is 10.6 Å². The van der Waals surface area contributed by atoms with Gasteiger partial charge in [-0.1, -0.05) is 35.3 Å². The molecule has 0 spiro atoms. The van der Waals surface area contributed by atoms with Crippen LogP contribution in [0.2, 0.25) is 10.0 Å². The molecule has 0 saturated carbocycles. The number of fused-ring (bicyclic) bond motifs is 2. The Labute approximate surface area is 329 Å². The lowest BCUT2D eigenvalue weighted by atomic mass is 10.0. The van der Waals surface area contributed by atoms with Gasteiger partial charge in [0, 0.05) is 21.4 Å². The van der Waals surface area contributed by atoms with Gasteiger partial charge in [-0.2, -0.15) is 0 Å². The van der Waals surface area contributed by atoms with Gasteiger partial charge in [0.15, 0.2) is 0 Å². The maximum atomic E-state index is 12.6. The number of anilines is 2. The van der Waals surface area contributed by atoms with Crippen molar-refractivity contribution in [1.82, 2.24) is 0 Å². The van der Waals surface area contributed by atoms with E-state index in [4.69, 9.17) is 42.1 Å². The molecule has 6 rings (SSSR count). The summed E-state index contributed by atoms with van der Waals surface area (Å²) >= 11 is 14.9. The highest BCUT2D eigenvalue weighted by atomic mass is 35.5. The molecule has 2 heterocycles. The Morgan fingerprint density at radius 1 is 0.611 bits per heavy atom. The fourth-order valence-electron chi connectivity index (χ4n) is 6.08. The third-order valence-corrected chi connectivity index (χ3v) is 11.9. The minimum Gasteiger partial charge on any atom is -0.496 e. The first-order valence-corrected chi connectivity index (χ1v) is 18.9. The van der Waals surface area contributed by atoms with Crippen LogP contribution >= 0.6 is 46.7 Å². The Morgan fingerprint density at radius 2 is 0.944 bits per heavy atom. The number of aliphatic carboxylic acids is 2. The van der Waals surface area contributed by atoms with Crippen molar-refractivity contribution in [2.45, 2.75) is 33.8 Å². The molecule has 2 amide bonds. The van der Waals surface area contributed by atoms with Crippen LogP contribution in [0.3, 0.4) is 0 Å². The Balaban J connectivity index is 0.000000208. The van der Waals surface area contributed by atoms with Crippen LogP contribution in [0.1, 0.15) is 45.6 Å². The molecule has 0 radical (unpaired) electrons. The number of rotatable bonds is 10. The number of thioether (sulfide) groups is 2. The molecule has 0 aliphatic carbocycles. The predicted molar refractivity (Wildman–Crippen MR) is 210 cm³/mol. The van der Waals surface area contributed by atoms with Gasteiger partial charge in [-0.3, -0.25) is 19.2 Å². The Morgan fingerprint density at radius 3 is 1.24 bits per heavy atom. The number of halogens is 2. The molecular formula is C38H36Cl2N2O10S2. The molecule has 4 N–H and O–H groups in total. The average molecular weight is 816 g/mol. The molecule has 0 unspecified atom stereocenters. The van der Waals surface area contributed by atoms with Crippen LogP contribution in [0.15, 0.2) is 72.8 Å². The number of amides is 2. The van der Waals surface area contributed by atoms with E-state index in [1.165, 1.54) is 23.5 Å². The van der Waals surface area contributed by atoms with Gasteiger partial charge in [0.25, 0.3) is 0 Å². The first kappa shape index (κ1) is 40.4. The van der Waals surface area contributed by atoms with Gasteiger partial charge in [-0.15, -0.1) is 23.5 Å². The van der Waals surface area contributed by atoms with Gasteiger partial charge in [-0.25, -0.2) is 0 Å². The van der Waals surface area contributed by atoms with Crippen molar-refractivity contribution in [3.05, 3.63) is 105 Å². The highest BCUT2D eigenvalue weighted by Crippen LogP contribution is 2.52. The highest BCUT2D eigenvalue weighted by molar-refractivity contribution is 8.01. The second-order valence-electron chi connectivity index (χ2n) is 11.8. The van der Waals surface area contributed by atoms with E-state index in [-0.39, 0.29) is 24.7 Å². The number of carboxylic acid groups (broad SMARTS) is 2. The first-order chi connectivity index (χ1) is 25.9. The van der Waals surface area contributed by atoms with Crippen LogP contribution in [0.4, 0.5) is 11.4 Å². The summed E-state index contributed by atoms with van der Waals surface area (Å²) in [6, 6.07) is 21.1. The summed E-state index contributed by atoms with van der Waals surface area (Å²) in [4.78, 5) is 47.7. The van der Waals surface area contributed by atoms with Crippen molar-refractivity contribution >= 4 is 81.9 Å². The number of carbonyl (C=O) groups excluding carboxylic acids is 2. The van der Waals surface area contributed by atoms with Gasteiger partial charge in [0.05, 0.1) is 73.4 Å². The van der Waals surface area contributed by atoms with Gasteiger partial charge in [0.2, 0.25) is 11.8 Å². The fraction of sp³-hybridized carbons (Fsp3) is 0.263. The van der Waals surface area contributed by atoms with Gasteiger partial charge < -0.3 is 39.8 Å². The first-order valence-electron chi connectivity index (χ1n) is 16.3. The lowest BCUT2D eigenvalue weighted by Gasteiger charge is -2.23. The molecule has 0 aromatic heterocycles. The third-order valence-electron chi connectivity index (χ3n) is 8.47. The molecule has 284 valence electrons. The van der Waals surface area contributed by atoms with Crippen LogP contribution in [0, 0.1) is 0 Å². The van der Waals surface area contributed by atoms with E-state index in [9.17, 15) is 29.4 Å².